The van der Waals surface area contributed by atoms with E-state index >= 15 is 0 Å². The van der Waals surface area contributed by atoms with E-state index in [2.05, 4.69) is 10.0 Å². The van der Waals surface area contributed by atoms with Crippen LogP contribution in [0.4, 0.5) is 4.39 Å². The van der Waals surface area contributed by atoms with Crippen LogP contribution < -0.4 is 0 Å². The zero-order valence-electron chi connectivity index (χ0n) is 8.17. The first-order valence-electron chi connectivity index (χ1n) is 4.35. The van der Waals surface area contributed by atoms with Crippen LogP contribution in [0.2, 0.25) is 0 Å². The second-order valence-electron chi connectivity index (χ2n) is 2.86. The van der Waals surface area contributed by atoms with Gasteiger partial charge in [0.2, 0.25) is 0 Å². The number of aromatic carboxylic acids is 1. The maximum atomic E-state index is 13.2. The lowest BCUT2D eigenvalue weighted by molar-refractivity contribution is 0.0697. The summed E-state index contributed by atoms with van der Waals surface area (Å²) in [6.45, 7) is 0.0905. The normalized spacial score (nSPS) is 10.1. The number of benzene rings is 1. The zero-order valence-corrected chi connectivity index (χ0v) is 8.17. The van der Waals surface area contributed by atoms with Gasteiger partial charge in [-0.25, -0.2) is 9.18 Å². The Balaban J connectivity index is 2.94. The van der Waals surface area contributed by atoms with Crippen LogP contribution in [-0.2, 0) is 0 Å². The Kier molecular flexibility index (Phi) is 4.06. The maximum absolute atomic E-state index is 13.2. The molecule has 6 heteroatoms. The number of carbonyl (C=O) groups is 1. The molecule has 1 aromatic carbocycles. The van der Waals surface area contributed by atoms with Crippen molar-refractivity contribution in [1.82, 2.24) is 0 Å². The smallest absolute Gasteiger partial charge is 0.335 e. The molecular formula is C10H8FN3O2. The van der Waals surface area contributed by atoms with E-state index < -0.39 is 11.8 Å². The molecule has 0 aliphatic rings. The van der Waals surface area contributed by atoms with Gasteiger partial charge in [0.05, 0.1) is 5.56 Å². The summed E-state index contributed by atoms with van der Waals surface area (Å²) in [5.74, 6) is -1.65. The molecule has 0 aromatic heterocycles. The number of rotatable bonds is 4. The number of carboxylic acid groups (broad SMARTS) is 1. The van der Waals surface area contributed by atoms with Crippen molar-refractivity contribution in [3.63, 3.8) is 0 Å². The Morgan fingerprint density at radius 3 is 3.00 bits per heavy atom. The van der Waals surface area contributed by atoms with Crippen LogP contribution >= 0.6 is 0 Å². The predicted octanol–water partition coefficient (Wildman–Crippen LogP) is 2.85. The first kappa shape index (κ1) is 11.7. The van der Waals surface area contributed by atoms with Crippen molar-refractivity contribution < 1.29 is 14.3 Å². The molecule has 5 nitrogen and oxygen atoms in total. The van der Waals surface area contributed by atoms with Crippen LogP contribution in [0.1, 0.15) is 15.9 Å². The second kappa shape index (κ2) is 5.53. The molecule has 0 saturated heterocycles. The van der Waals surface area contributed by atoms with Crippen LogP contribution in [0.15, 0.2) is 29.4 Å². The third-order valence-corrected chi connectivity index (χ3v) is 1.79. The average molecular weight is 221 g/mol. The third kappa shape index (κ3) is 3.11. The monoisotopic (exact) mass is 221 g/mol. The van der Waals surface area contributed by atoms with Crippen molar-refractivity contribution in [3.05, 3.63) is 51.7 Å². The van der Waals surface area contributed by atoms with Gasteiger partial charge >= 0.3 is 5.97 Å². The molecule has 0 heterocycles. The van der Waals surface area contributed by atoms with Gasteiger partial charge < -0.3 is 5.11 Å². The molecule has 0 aliphatic carbocycles. The lowest BCUT2D eigenvalue weighted by atomic mass is 10.1. The fourth-order valence-corrected chi connectivity index (χ4v) is 1.07. The minimum absolute atomic E-state index is 0.00448. The first-order valence-corrected chi connectivity index (χ1v) is 4.35. The largest absolute Gasteiger partial charge is 0.478 e. The summed E-state index contributed by atoms with van der Waals surface area (Å²) in [6.07, 6.45) is 2.82. The number of hydrogen-bond donors (Lipinski definition) is 1. The van der Waals surface area contributed by atoms with Crippen LogP contribution in [-0.4, -0.2) is 17.6 Å². The van der Waals surface area contributed by atoms with Gasteiger partial charge in [-0.1, -0.05) is 17.3 Å². The Labute approximate surface area is 90.5 Å². The van der Waals surface area contributed by atoms with E-state index in [-0.39, 0.29) is 17.7 Å². The van der Waals surface area contributed by atoms with Gasteiger partial charge in [-0.2, -0.15) is 0 Å². The Morgan fingerprint density at radius 2 is 2.38 bits per heavy atom. The molecule has 0 atom stereocenters. The quantitative estimate of drug-likeness (QED) is 0.481. The van der Waals surface area contributed by atoms with E-state index in [0.717, 1.165) is 6.07 Å². The highest BCUT2D eigenvalue weighted by atomic mass is 19.1. The number of hydrogen-bond acceptors (Lipinski definition) is 2. The van der Waals surface area contributed by atoms with E-state index in [4.69, 9.17) is 10.6 Å². The third-order valence-electron chi connectivity index (χ3n) is 1.79. The standard InChI is InChI=1S/C10H8FN3O2/c11-9-4-3-8(10(15)16)6-7(9)2-1-5-13-14-12/h1-4,6H,5H2,(H,15,16). The molecule has 0 radical (unpaired) electrons. The van der Waals surface area contributed by atoms with Gasteiger partial charge in [0, 0.05) is 17.0 Å². The topological polar surface area (TPSA) is 86.1 Å². The summed E-state index contributed by atoms with van der Waals surface area (Å²) < 4.78 is 13.2. The Bertz CT molecular complexity index is 479. The van der Waals surface area contributed by atoms with Crippen molar-refractivity contribution in [2.24, 2.45) is 5.11 Å². The molecule has 0 fully saturated rings. The maximum Gasteiger partial charge on any atom is 0.335 e. The van der Waals surface area contributed by atoms with Gasteiger partial charge in [-0.05, 0) is 23.7 Å². The Hall–Kier alpha value is -2.33. The van der Waals surface area contributed by atoms with Crippen LogP contribution in [0, 0.1) is 5.82 Å². The van der Waals surface area contributed by atoms with E-state index in [1.54, 1.807) is 0 Å². The van der Waals surface area contributed by atoms with Crippen LogP contribution in [0.3, 0.4) is 0 Å². The number of nitrogens with zero attached hydrogens (tertiary/aromatic N) is 3. The number of carboxylic acids is 1. The molecular weight excluding hydrogens is 213 g/mol. The molecule has 0 aliphatic heterocycles. The van der Waals surface area contributed by atoms with Crippen molar-refractivity contribution in [2.45, 2.75) is 0 Å². The zero-order chi connectivity index (χ0) is 12.0. The highest BCUT2D eigenvalue weighted by Crippen LogP contribution is 2.12. The van der Waals surface area contributed by atoms with Gasteiger partial charge in [-0.15, -0.1) is 0 Å². The molecule has 0 amide bonds. The molecule has 0 spiro atoms. The van der Waals surface area contributed by atoms with Gasteiger partial charge in [0.25, 0.3) is 0 Å². The Morgan fingerprint density at radius 1 is 1.62 bits per heavy atom. The van der Waals surface area contributed by atoms with Crippen molar-refractivity contribution >= 4 is 12.0 Å². The summed E-state index contributed by atoms with van der Waals surface area (Å²) in [5.41, 5.74) is 8.16. The SMILES string of the molecule is [N-]=[N+]=NCC=Cc1cc(C(=O)O)ccc1F. The minimum Gasteiger partial charge on any atom is -0.478 e. The number of azide groups is 1. The lowest BCUT2D eigenvalue weighted by Gasteiger charge is -1.98. The van der Waals surface area contributed by atoms with Crippen molar-refractivity contribution in [3.8, 4) is 0 Å². The number of halogens is 1. The average Bonchev–Trinajstić information content (AvgIpc) is 2.26. The molecule has 1 aromatic rings. The highest BCUT2D eigenvalue weighted by molar-refractivity contribution is 5.88. The van der Waals surface area contributed by atoms with Crippen molar-refractivity contribution in [2.75, 3.05) is 6.54 Å². The fraction of sp³-hybridized carbons (Fsp3) is 0.100. The summed E-state index contributed by atoms with van der Waals surface area (Å²) in [7, 11) is 0. The minimum atomic E-state index is -1.12. The molecule has 0 bridgehead atoms. The van der Waals surface area contributed by atoms with Gasteiger partial charge in [0.15, 0.2) is 0 Å². The molecule has 0 unspecified atom stereocenters. The van der Waals surface area contributed by atoms with Crippen molar-refractivity contribution in [1.29, 1.82) is 0 Å². The molecule has 16 heavy (non-hydrogen) atoms. The lowest BCUT2D eigenvalue weighted by Crippen LogP contribution is -1.97. The first-order chi connectivity index (χ1) is 7.65. The second-order valence-corrected chi connectivity index (χ2v) is 2.86. The summed E-state index contributed by atoms with van der Waals surface area (Å²) in [5, 5.41) is 11.9. The van der Waals surface area contributed by atoms with Gasteiger partial charge in [-0.3, -0.25) is 0 Å². The molecule has 1 N–H and O–H groups in total. The summed E-state index contributed by atoms with van der Waals surface area (Å²) in [6, 6.07) is 3.48. The van der Waals surface area contributed by atoms with E-state index in [0.29, 0.717) is 0 Å². The highest BCUT2D eigenvalue weighted by Gasteiger charge is 2.05. The summed E-state index contributed by atoms with van der Waals surface area (Å²) in [4.78, 5) is 13.1. The van der Waals surface area contributed by atoms with E-state index in [9.17, 15) is 9.18 Å². The summed E-state index contributed by atoms with van der Waals surface area (Å²) >= 11 is 0. The van der Waals surface area contributed by atoms with E-state index in [1.165, 1.54) is 24.3 Å². The molecule has 1 rings (SSSR count). The molecule has 0 saturated carbocycles. The fourth-order valence-electron chi connectivity index (χ4n) is 1.07. The predicted molar refractivity (Wildman–Crippen MR) is 56.4 cm³/mol. The van der Waals surface area contributed by atoms with Crippen LogP contribution in [0.5, 0.6) is 0 Å². The van der Waals surface area contributed by atoms with Gasteiger partial charge in [0.1, 0.15) is 5.82 Å². The molecule has 82 valence electrons. The van der Waals surface area contributed by atoms with Crippen LogP contribution in [0.25, 0.3) is 16.5 Å². The van der Waals surface area contributed by atoms with E-state index in [1.807, 2.05) is 0 Å².